The van der Waals surface area contributed by atoms with Crippen molar-refractivity contribution in [3.05, 3.63) is 23.0 Å². The number of hydrogen-bond acceptors (Lipinski definition) is 5. The predicted octanol–water partition coefficient (Wildman–Crippen LogP) is 2.25. The fraction of sp³-hybridized carbons (Fsp3) is 0.588. The molecule has 1 amide bonds. The Morgan fingerprint density at radius 3 is 2.87 bits per heavy atom. The van der Waals surface area contributed by atoms with Crippen LogP contribution in [0.1, 0.15) is 53.8 Å². The third-order valence-corrected chi connectivity index (χ3v) is 5.06. The van der Waals surface area contributed by atoms with Crippen LogP contribution in [0.25, 0.3) is 11.1 Å². The summed E-state index contributed by atoms with van der Waals surface area (Å²) in [7, 11) is 0. The van der Waals surface area contributed by atoms with Crippen molar-refractivity contribution >= 4 is 17.0 Å². The first-order valence-electron chi connectivity index (χ1n) is 8.29. The van der Waals surface area contributed by atoms with Crippen LogP contribution in [0.4, 0.5) is 0 Å². The smallest absolute Gasteiger partial charge is 0.259 e. The minimum Gasteiger partial charge on any atom is -0.393 e. The molecule has 1 aliphatic heterocycles. The van der Waals surface area contributed by atoms with Crippen LogP contribution in [0, 0.1) is 12.8 Å². The summed E-state index contributed by atoms with van der Waals surface area (Å²) in [6, 6.07) is 1.92. The number of carbonyl (C=O) groups is 1. The first kappa shape index (κ1) is 14.6. The second kappa shape index (κ2) is 5.30. The van der Waals surface area contributed by atoms with Crippen molar-refractivity contribution in [1.82, 2.24) is 15.0 Å². The zero-order valence-corrected chi connectivity index (χ0v) is 13.5. The van der Waals surface area contributed by atoms with Crippen molar-refractivity contribution in [1.29, 1.82) is 0 Å². The van der Waals surface area contributed by atoms with Gasteiger partial charge in [0.1, 0.15) is 0 Å². The molecule has 0 radical (unpaired) electrons. The highest BCUT2D eigenvalue weighted by Gasteiger charge is 2.33. The zero-order valence-electron chi connectivity index (χ0n) is 13.5. The number of nitrogens with zero attached hydrogens (tertiary/aromatic N) is 3. The fourth-order valence-corrected chi connectivity index (χ4v) is 3.41. The summed E-state index contributed by atoms with van der Waals surface area (Å²) >= 11 is 0. The molecule has 2 aromatic rings. The number of hydrogen-bond donors (Lipinski definition) is 1. The first-order valence-corrected chi connectivity index (χ1v) is 8.29. The highest BCUT2D eigenvalue weighted by Crippen LogP contribution is 2.40. The number of aryl methyl sites for hydroxylation is 1. The van der Waals surface area contributed by atoms with Crippen LogP contribution < -0.4 is 0 Å². The van der Waals surface area contributed by atoms with Crippen LogP contribution >= 0.6 is 0 Å². The molecular formula is C17H21N3O3. The van der Waals surface area contributed by atoms with E-state index in [9.17, 15) is 9.90 Å². The first-order chi connectivity index (χ1) is 11.0. The van der Waals surface area contributed by atoms with Gasteiger partial charge in [-0.15, -0.1) is 0 Å². The maximum Gasteiger partial charge on any atom is 0.259 e. The average molecular weight is 315 g/mol. The molecule has 2 atom stereocenters. The largest absolute Gasteiger partial charge is 0.393 e. The molecule has 1 aliphatic carbocycles. The van der Waals surface area contributed by atoms with Gasteiger partial charge in [0.15, 0.2) is 0 Å². The molecule has 4 rings (SSSR count). The highest BCUT2D eigenvalue weighted by atomic mass is 16.5. The Bertz CT molecular complexity index is 764. The Kier molecular flexibility index (Phi) is 3.37. The summed E-state index contributed by atoms with van der Waals surface area (Å²) in [6.07, 6.45) is 2.69. The van der Waals surface area contributed by atoms with Gasteiger partial charge in [0, 0.05) is 30.6 Å². The standard InChI is InChI=1S/C17H21N3O3/c1-9-15-13(17(22)20-6-5-12(8-20)10(2)21)7-14(11-3-4-11)18-16(15)23-19-9/h7,10-12,21H,3-6,8H2,1-2H3. The number of aliphatic hydroxyl groups excluding tert-OH is 1. The Balaban J connectivity index is 1.72. The number of aromatic nitrogens is 2. The Labute approximate surface area is 134 Å². The van der Waals surface area contributed by atoms with E-state index in [0.29, 0.717) is 36.0 Å². The molecule has 0 spiro atoms. The molecule has 1 saturated heterocycles. The van der Waals surface area contributed by atoms with Crippen molar-refractivity contribution < 1.29 is 14.4 Å². The van der Waals surface area contributed by atoms with E-state index in [0.717, 1.165) is 30.3 Å². The summed E-state index contributed by atoms with van der Waals surface area (Å²) in [5.41, 5.74) is 2.73. The van der Waals surface area contributed by atoms with E-state index in [2.05, 4.69) is 10.1 Å². The van der Waals surface area contributed by atoms with Crippen LogP contribution in [0.5, 0.6) is 0 Å². The number of amides is 1. The van der Waals surface area contributed by atoms with Crippen LogP contribution in [0.2, 0.25) is 0 Å². The summed E-state index contributed by atoms with van der Waals surface area (Å²) < 4.78 is 5.31. The molecule has 0 aromatic carbocycles. The normalized spacial score (nSPS) is 22.7. The maximum atomic E-state index is 13.0. The van der Waals surface area contributed by atoms with Crippen molar-refractivity contribution in [2.45, 2.75) is 45.1 Å². The van der Waals surface area contributed by atoms with Crippen LogP contribution in [-0.2, 0) is 0 Å². The minimum atomic E-state index is -0.385. The molecule has 2 aliphatic rings. The molecule has 6 nitrogen and oxygen atoms in total. The van der Waals surface area contributed by atoms with E-state index in [4.69, 9.17) is 4.52 Å². The molecule has 2 unspecified atom stereocenters. The van der Waals surface area contributed by atoms with E-state index in [1.165, 1.54) is 0 Å². The number of aliphatic hydroxyl groups is 1. The molecule has 23 heavy (non-hydrogen) atoms. The van der Waals surface area contributed by atoms with E-state index in [1.54, 1.807) is 6.92 Å². The lowest BCUT2D eigenvalue weighted by Crippen LogP contribution is -2.30. The molecular weight excluding hydrogens is 294 g/mol. The molecule has 2 fully saturated rings. The lowest BCUT2D eigenvalue weighted by atomic mass is 10.0. The second-order valence-electron chi connectivity index (χ2n) is 6.86. The van der Waals surface area contributed by atoms with Gasteiger partial charge >= 0.3 is 0 Å². The van der Waals surface area contributed by atoms with Gasteiger partial charge in [0.25, 0.3) is 11.6 Å². The van der Waals surface area contributed by atoms with Gasteiger partial charge in [0.2, 0.25) is 0 Å². The lowest BCUT2D eigenvalue weighted by Gasteiger charge is -2.18. The molecule has 122 valence electrons. The molecule has 3 heterocycles. The SMILES string of the molecule is Cc1noc2nc(C3CC3)cc(C(=O)N3CCC(C(C)O)C3)c12. The van der Waals surface area contributed by atoms with Crippen molar-refractivity contribution in [3.63, 3.8) is 0 Å². The van der Waals surface area contributed by atoms with E-state index < -0.39 is 0 Å². The van der Waals surface area contributed by atoms with E-state index >= 15 is 0 Å². The number of fused-ring (bicyclic) bond motifs is 1. The Hall–Kier alpha value is -1.95. The van der Waals surface area contributed by atoms with Gasteiger partial charge in [-0.2, -0.15) is 0 Å². The summed E-state index contributed by atoms with van der Waals surface area (Å²) in [5, 5.41) is 14.5. The van der Waals surface area contributed by atoms with Crippen molar-refractivity contribution in [3.8, 4) is 0 Å². The third-order valence-electron chi connectivity index (χ3n) is 5.06. The third kappa shape index (κ3) is 2.51. The summed E-state index contributed by atoms with van der Waals surface area (Å²) in [4.78, 5) is 19.4. The van der Waals surface area contributed by atoms with Gasteiger partial charge < -0.3 is 14.5 Å². The number of pyridine rings is 1. The van der Waals surface area contributed by atoms with Gasteiger partial charge in [-0.1, -0.05) is 5.16 Å². The van der Waals surface area contributed by atoms with E-state index in [-0.39, 0.29) is 17.9 Å². The molecule has 2 aromatic heterocycles. The monoisotopic (exact) mass is 315 g/mol. The maximum absolute atomic E-state index is 13.0. The topological polar surface area (TPSA) is 79.5 Å². The van der Waals surface area contributed by atoms with Crippen molar-refractivity contribution in [2.24, 2.45) is 5.92 Å². The zero-order chi connectivity index (χ0) is 16.1. The lowest BCUT2D eigenvalue weighted by molar-refractivity contribution is 0.0764. The molecule has 6 heteroatoms. The second-order valence-corrected chi connectivity index (χ2v) is 6.86. The van der Waals surface area contributed by atoms with Crippen LogP contribution in [0.3, 0.4) is 0 Å². The summed E-state index contributed by atoms with van der Waals surface area (Å²) in [6.45, 7) is 4.91. The van der Waals surface area contributed by atoms with Crippen LogP contribution in [-0.4, -0.2) is 45.2 Å². The quantitative estimate of drug-likeness (QED) is 0.939. The minimum absolute atomic E-state index is 0.00579. The van der Waals surface area contributed by atoms with E-state index in [1.807, 2.05) is 17.9 Å². The average Bonchev–Trinajstić information content (AvgIpc) is 3.14. The molecule has 1 saturated carbocycles. The van der Waals surface area contributed by atoms with Gasteiger partial charge in [-0.25, -0.2) is 4.98 Å². The van der Waals surface area contributed by atoms with Gasteiger partial charge in [0.05, 0.1) is 22.7 Å². The Morgan fingerprint density at radius 1 is 1.43 bits per heavy atom. The molecule has 0 bridgehead atoms. The van der Waals surface area contributed by atoms with Crippen molar-refractivity contribution in [2.75, 3.05) is 13.1 Å². The number of likely N-dealkylation sites (tertiary alicyclic amines) is 1. The van der Waals surface area contributed by atoms with Gasteiger partial charge in [-0.3, -0.25) is 4.79 Å². The highest BCUT2D eigenvalue weighted by molar-refractivity contribution is 6.06. The van der Waals surface area contributed by atoms with Crippen LogP contribution in [0.15, 0.2) is 10.6 Å². The number of carbonyl (C=O) groups excluding carboxylic acids is 1. The number of rotatable bonds is 3. The van der Waals surface area contributed by atoms with Gasteiger partial charge in [-0.05, 0) is 39.2 Å². The Morgan fingerprint density at radius 2 is 2.22 bits per heavy atom. The molecule has 1 N–H and O–H groups in total. The summed E-state index contributed by atoms with van der Waals surface area (Å²) in [5.74, 6) is 0.594. The predicted molar refractivity (Wildman–Crippen MR) is 84.2 cm³/mol. The fourth-order valence-electron chi connectivity index (χ4n) is 3.41.